The minimum atomic E-state index is 0. The van der Waals surface area contributed by atoms with Gasteiger partial charge in [-0.05, 0) is 24.3 Å². The van der Waals surface area contributed by atoms with Crippen molar-refractivity contribution in [2.24, 2.45) is 5.41 Å². The van der Waals surface area contributed by atoms with Crippen LogP contribution in [-0.2, 0) is 4.74 Å². The molecule has 0 saturated carbocycles. The molecule has 2 rings (SSSR count). The highest BCUT2D eigenvalue weighted by atomic mass is 79.9. The zero-order chi connectivity index (χ0) is 13.2. The highest BCUT2D eigenvalue weighted by molar-refractivity contribution is 6.30. The van der Waals surface area contributed by atoms with Crippen LogP contribution in [0.3, 0.4) is 0 Å². The highest BCUT2D eigenvalue weighted by Crippen LogP contribution is 2.30. The molecule has 1 aromatic rings. The number of ether oxygens (including phenoxy) is 2. The number of hydrogen-bond donors (Lipinski definition) is 0. The van der Waals surface area contributed by atoms with E-state index in [0.29, 0.717) is 6.61 Å². The maximum absolute atomic E-state index is 5.87. The third-order valence-electron chi connectivity index (χ3n) is 2.98. The second kappa shape index (κ2) is 6.44. The number of nitrogens with zero attached hydrogens (tertiary/aromatic N) is 1. The summed E-state index contributed by atoms with van der Waals surface area (Å²) in [5.74, 6) is 0.868. The Hall–Kier alpha value is -0.290. The summed E-state index contributed by atoms with van der Waals surface area (Å²) in [5, 5.41) is 0.732. The molecule has 5 heteroatoms. The number of hydrogen-bond acceptors (Lipinski definition) is 2. The molecule has 1 saturated heterocycles. The van der Waals surface area contributed by atoms with E-state index in [1.54, 1.807) is 0 Å². The Balaban J connectivity index is 0.00000180. The monoisotopic (exact) mass is 349 g/mol. The second-order valence-electron chi connectivity index (χ2n) is 6.18. The van der Waals surface area contributed by atoms with Gasteiger partial charge >= 0.3 is 0 Å². The van der Waals surface area contributed by atoms with Crippen LogP contribution >= 0.6 is 11.6 Å². The van der Waals surface area contributed by atoms with Crippen LogP contribution in [0.4, 0.5) is 0 Å². The molecule has 0 spiro atoms. The van der Waals surface area contributed by atoms with Gasteiger partial charge in [0.15, 0.2) is 0 Å². The zero-order valence-corrected chi connectivity index (χ0v) is 14.0. The first-order valence-electron chi connectivity index (χ1n) is 6.15. The van der Waals surface area contributed by atoms with Gasteiger partial charge in [0.05, 0.1) is 46.3 Å². The van der Waals surface area contributed by atoms with Crippen LogP contribution in [-0.4, -0.2) is 52.0 Å². The van der Waals surface area contributed by atoms with E-state index in [0.717, 1.165) is 35.0 Å². The van der Waals surface area contributed by atoms with Crippen molar-refractivity contribution in [2.45, 2.75) is 0 Å². The molecule has 1 heterocycles. The van der Waals surface area contributed by atoms with Gasteiger partial charge in [0.25, 0.3) is 0 Å². The van der Waals surface area contributed by atoms with E-state index in [2.05, 4.69) is 21.1 Å². The molecule has 3 nitrogen and oxygen atoms in total. The fourth-order valence-electron chi connectivity index (χ4n) is 2.38. The molecule has 1 aliphatic heterocycles. The van der Waals surface area contributed by atoms with Crippen LogP contribution in [0.25, 0.3) is 0 Å². The van der Waals surface area contributed by atoms with E-state index >= 15 is 0 Å². The molecule has 108 valence electrons. The van der Waals surface area contributed by atoms with Gasteiger partial charge in [-0.2, -0.15) is 0 Å². The van der Waals surface area contributed by atoms with Crippen molar-refractivity contribution in [3.05, 3.63) is 29.3 Å². The van der Waals surface area contributed by atoms with Crippen LogP contribution in [0.2, 0.25) is 5.02 Å². The molecule has 0 bridgehead atoms. The standard InChI is InChI=1S/C14H21ClNO2.BrH/c1-16(2,3)8-14(9-17-10-14)11-18-13-6-4-12(15)5-7-13;/h4-7H,8-11H2,1-3H3;1H/q+1;/p-1. The summed E-state index contributed by atoms with van der Waals surface area (Å²) in [5.41, 5.74) is 0.151. The van der Waals surface area contributed by atoms with E-state index in [1.165, 1.54) is 0 Å². The molecule has 1 aliphatic rings. The van der Waals surface area contributed by atoms with Crippen molar-refractivity contribution in [1.29, 1.82) is 0 Å². The maximum Gasteiger partial charge on any atom is 0.119 e. The first-order chi connectivity index (χ1) is 8.39. The van der Waals surface area contributed by atoms with E-state index in [-0.39, 0.29) is 22.4 Å². The minimum absolute atomic E-state index is 0. The quantitative estimate of drug-likeness (QED) is 0.663. The summed E-state index contributed by atoms with van der Waals surface area (Å²) in [6.07, 6.45) is 0. The Labute approximate surface area is 130 Å². The topological polar surface area (TPSA) is 18.5 Å². The summed E-state index contributed by atoms with van der Waals surface area (Å²) in [4.78, 5) is 0. The minimum Gasteiger partial charge on any atom is -1.00 e. The molecule has 0 N–H and O–H groups in total. The van der Waals surface area contributed by atoms with Crippen molar-refractivity contribution in [2.75, 3.05) is 47.5 Å². The van der Waals surface area contributed by atoms with Gasteiger partial charge in [-0.25, -0.2) is 0 Å². The molecule has 0 unspecified atom stereocenters. The summed E-state index contributed by atoms with van der Waals surface area (Å²) < 4.78 is 12.2. The van der Waals surface area contributed by atoms with Crippen LogP contribution in [0.15, 0.2) is 24.3 Å². The van der Waals surface area contributed by atoms with Gasteiger partial charge in [-0.1, -0.05) is 11.6 Å². The maximum atomic E-state index is 5.87. The van der Waals surface area contributed by atoms with Crippen molar-refractivity contribution in [3.8, 4) is 5.75 Å². The van der Waals surface area contributed by atoms with E-state index < -0.39 is 0 Å². The highest BCUT2D eigenvalue weighted by Gasteiger charge is 2.44. The molecule has 0 atom stereocenters. The smallest absolute Gasteiger partial charge is 0.119 e. The van der Waals surface area contributed by atoms with Gasteiger partial charge in [0.2, 0.25) is 0 Å². The van der Waals surface area contributed by atoms with Crippen LogP contribution < -0.4 is 21.7 Å². The Bertz CT molecular complexity index is 399. The summed E-state index contributed by atoms with van der Waals surface area (Å²) >= 11 is 5.85. The fraction of sp³-hybridized carbons (Fsp3) is 0.571. The van der Waals surface area contributed by atoms with Crippen LogP contribution in [0.5, 0.6) is 5.75 Å². The predicted molar refractivity (Wildman–Crippen MR) is 73.1 cm³/mol. The zero-order valence-electron chi connectivity index (χ0n) is 11.7. The second-order valence-corrected chi connectivity index (χ2v) is 6.62. The largest absolute Gasteiger partial charge is 1.00 e. The lowest BCUT2D eigenvalue weighted by atomic mass is 9.86. The van der Waals surface area contributed by atoms with Crippen LogP contribution in [0.1, 0.15) is 0 Å². The molecule has 1 aromatic carbocycles. The molecule has 0 radical (unpaired) electrons. The number of quaternary nitrogens is 1. The lowest BCUT2D eigenvalue weighted by Crippen LogP contribution is -3.00. The van der Waals surface area contributed by atoms with Gasteiger partial charge in [-0.3, -0.25) is 0 Å². The summed E-state index contributed by atoms with van der Waals surface area (Å²) in [7, 11) is 6.59. The molecule has 1 fully saturated rings. The lowest BCUT2D eigenvalue weighted by Gasteiger charge is -2.44. The van der Waals surface area contributed by atoms with Crippen molar-refractivity contribution in [1.82, 2.24) is 0 Å². The van der Waals surface area contributed by atoms with E-state index in [1.807, 2.05) is 24.3 Å². The molecular weight excluding hydrogens is 330 g/mol. The SMILES string of the molecule is C[N+](C)(C)CC1(COc2ccc(Cl)cc2)COC1.[Br-]. The van der Waals surface area contributed by atoms with Crippen molar-refractivity contribution < 1.29 is 30.9 Å². The van der Waals surface area contributed by atoms with E-state index in [4.69, 9.17) is 21.1 Å². The third-order valence-corrected chi connectivity index (χ3v) is 3.24. The first kappa shape index (κ1) is 16.8. The van der Waals surface area contributed by atoms with Crippen molar-refractivity contribution in [3.63, 3.8) is 0 Å². The average Bonchev–Trinajstić information content (AvgIpc) is 2.22. The van der Waals surface area contributed by atoms with Crippen molar-refractivity contribution >= 4 is 11.6 Å². The fourth-order valence-corrected chi connectivity index (χ4v) is 2.51. The van der Waals surface area contributed by atoms with E-state index in [9.17, 15) is 0 Å². The van der Waals surface area contributed by atoms with Crippen LogP contribution in [0, 0.1) is 5.41 Å². The Morgan fingerprint density at radius 2 is 1.79 bits per heavy atom. The molecule has 0 aliphatic carbocycles. The molecule has 19 heavy (non-hydrogen) atoms. The number of rotatable bonds is 5. The van der Waals surface area contributed by atoms with Gasteiger partial charge in [-0.15, -0.1) is 0 Å². The Morgan fingerprint density at radius 3 is 2.21 bits per heavy atom. The Kier molecular flexibility index (Phi) is 5.68. The van der Waals surface area contributed by atoms with Gasteiger partial charge < -0.3 is 30.9 Å². The molecule has 0 aromatic heterocycles. The third kappa shape index (κ3) is 4.95. The van der Waals surface area contributed by atoms with Gasteiger partial charge in [0, 0.05) is 5.02 Å². The predicted octanol–water partition coefficient (Wildman–Crippen LogP) is -0.554. The first-order valence-corrected chi connectivity index (χ1v) is 6.53. The molecule has 0 amide bonds. The summed E-state index contributed by atoms with van der Waals surface area (Å²) in [6, 6.07) is 7.50. The number of benzene rings is 1. The lowest BCUT2D eigenvalue weighted by molar-refractivity contribution is -0.879. The number of halogens is 2. The normalized spacial score (nSPS) is 17.3. The Morgan fingerprint density at radius 1 is 1.21 bits per heavy atom. The average molecular weight is 351 g/mol. The van der Waals surface area contributed by atoms with Gasteiger partial charge in [0.1, 0.15) is 12.4 Å². The summed E-state index contributed by atoms with van der Waals surface area (Å²) in [6.45, 7) is 3.33. The molecular formula is C14H21BrClNO2.